The maximum absolute atomic E-state index is 13.2. The summed E-state index contributed by atoms with van der Waals surface area (Å²) in [5.74, 6) is -4.79. The second-order valence-electron chi connectivity index (χ2n) is 2.80. The number of hydrogen-bond acceptors (Lipinski definition) is 3. The Morgan fingerprint density at radius 2 is 1.94 bits per heavy atom. The first-order valence-corrected chi connectivity index (χ1v) is 4.43. The first kappa shape index (κ1) is 12.2. The average Bonchev–Trinajstić information content (AvgIpc) is 2.16. The van der Waals surface area contributed by atoms with Gasteiger partial charge in [-0.3, -0.25) is 4.79 Å². The Morgan fingerprint density at radius 3 is 2.44 bits per heavy atom. The molecule has 0 spiro atoms. The van der Waals surface area contributed by atoms with E-state index in [4.69, 9.17) is 16.7 Å². The molecule has 0 unspecified atom stereocenters. The zero-order chi connectivity index (χ0) is 12.3. The second kappa shape index (κ2) is 4.76. The van der Waals surface area contributed by atoms with Crippen molar-refractivity contribution in [2.75, 3.05) is 0 Å². The van der Waals surface area contributed by atoms with Gasteiger partial charge in [0, 0.05) is 6.08 Å². The van der Waals surface area contributed by atoms with Crippen LogP contribution in [0.4, 0.5) is 4.39 Å². The van der Waals surface area contributed by atoms with E-state index in [1.807, 2.05) is 0 Å². The highest BCUT2D eigenvalue weighted by atomic mass is 35.5. The standard InChI is InChI=1S/C10H6ClFO4/c11-5-2-1-3-6(12)9(5)7(13)4-8(14)10(15)16/h1-4,13H,(H,15,16). The van der Waals surface area contributed by atoms with Crippen LogP contribution >= 0.6 is 11.6 Å². The summed E-state index contributed by atoms with van der Waals surface area (Å²) in [6, 6.07) is 3.64. The molecular weight excluding hydrogens is 239 g/mol. The molecule has 0 atom stereocenters. The van der Waals surface area contributed by atoms with E-state index in [1.165, 1.54) is 12.1 Å². The van der Waals surface area contributed by atoms with Gasteiger partial charge >= 0.3 is 5.97 Å². The van der Waals surface area contributed by atoms with Crippen LogP contribution in [0.15, 0.2) is 24.3 Å². The van der Waals surface area contributed by atoms with Gasteiger partial charge in [0.2, 0.25) is 0 Å². The van der Waals surface area contributed by atoms with Crippen molar-refractivity contribution >= 4 is 29.1 Å². The van der Waals surface area contributed by atoms with Crippen molar-refractivity contribution < 1.29 is 24.2 Å². The van der Waals surface area contributed by atoms with Crippen molar-refractivity contribution in [3.63, 3.8) is 0 Å². The van der Waals surface area contributed by atoms with Gasteiger partial charge in [-0.15, -0.1) is 0 Å². The summed E-state index contributed by atoms with van der Waals surface area (Å²) >= 11 is 5.59. The number of benzene rings is 1. The number of carboxylic acids is 1. The zero-order valence-corrected chi connectivity index (χ0v) is 8.53. The van der Waals surface area contributed by atoms with E-state index in [1.54, 1.807) is 0 Å². The molecule has 0 radical (unpaired) electrons. The number of carbonyl (C=O) groups is 2. The number of aliphatic hydroxyl groups is 1. The lowest BCUT2D eigenvalue weighted by atomic mass is 10.1. The van der Waals surface area contributed by atoms with Gasteiger partial charge in [0.15, 0.2) is 0 Å². The first-order chi connectivity index (χ1) is 7.43. The van der Waals surface area contributed by atoms with Crippen LogP contribution < -0.4 is 0 Å². The third-order valence-corrected chi connectivity index (χ3v) is 2.01. The van der Waals surface area contributed by atoms with Gasteiger partial charge in [-0.1, -0.05) is 17.7 Å². The normalized spacial score (nSPS) is 11.2. The van der Waals surface area contributed by atoms with Gasteiger partial charge in [-0.2, -0.15) is 0 Å². The molecule has 0 aliphatic rings. The molecule has 1 rings (SSSR count). The monoisotopic (exact) mass is 244 g/mol. The van der Waals surface area contributed by atoms with Crippen molar-refractivity contribution in [2.24, 2.45) is 0 Å². The number of carbonyl (C=O) groups excluding carboxylic acids is 1. The fourth-order valence-electron chi connectivity index (χ4n) is 1.00. The molecule has 0 bridgehead atoms. The molecule has 0 heterocycles. The highest BCUT2D eigenvalue weighted by Crippen LogP contribution is 2.24. The predicted octanol–water partition coefficient (Wildman–Crippen LogP) is 2.03. The molecule has 0 aliphatic heterocycles. The lowest BCUT2D eigenvalue weighted by Gasteiger charge is -2.03. The Labute approximate surface area is 94.6 Å². The molecule has 0 aromatic heterocycles. The zero-order valence-electron chi connectivity index (χ0n) is 7.78. The first-order valence-electron chi connectivity index (χ1n) is 4.05. The summed E-state index contributed by atoms with van der Waals surface area (Å²) in [5.41, 5.74) is -0.404. The van der Waals surface area contributed by atoms with Gasteiger partial charge in [0.05, 0.1) is 10.6 Å². The Hall–Kier alpha value is -1.88. The maximum atomic E-state index is 13.2. The van der Waals surface area contributed by atoms with Crippen LogP contribution in [0.2, 0.25) is 5.02 Å². The van der Waals surface area contributed by atoms with Crippen LogP contribution in [0, 0.1) is 5.82 Å². The fraction of sp³-hybridized carbons (Fsp3) is 0. The van der Waals surface area contributed by atoms with E-state index in [0.717, 1.165) is 6.07 Å². The summed E-state index contributed by atoms with van der Waals surface area (Å²) in [7, 11) is 0. The molecule has 16 heavy (non-hydrogen) atoms. The minimum atomic E-state index is -1.75. The van der Waals surface area contributed by atoms with E-state index < -0.39 is 28.9 Å². The average molecular weight is 245 g/mol. The van der Waals surface area contributed by atoms with Crippen LogP contribution in [0.1, 0.15) is 5.56 Å². The molecule has 84 valence electrons. The number of rotatable bonds is 3. The van der Waals surface area contributed by atoms with Gasteiger partial charge in [-0.25, -0.2) is 9.18 Å². The van der Waals surface area contributed by atoms with E-state index in [-0.39, 0.29) is 5.02 Å². The lowest BCUT2D eigenvalue weighted by Crippen LogP contribution is -2.09. The molecular formula is C10H6ClFO4. The third-order valence-electron chi connectivity index (χ3n) is 1.70. The maximum Gasteiger partial charge on any atom is 0.376 e. The van der Waals surface area contributed by atoms with E-state index in [9.17, 15) is 19.1 Å². The Bertz CT molecular complexity index is 461. The Kier molecular flexibility index (Phi) is 3.63. The highest BCUT2D eigenvalue weighted by molar-refractivity contribution is 6.39. The van der Waals surface area contributed by atoms with Crippen LogP contribution in [0.25, 0.3) is 5.76 Å². The molecule has 0 fully saturated rings. The van der Waals surface area contributed by atoms with E-state index in [0.29, 0.717) is 6.08 Å². The van der Waals surface area contributed by atoms with Crippen molar-refractivity contribution in [1.82, 2.24) is 0 Å². The molecule has 0 amide bonds. The second-order valence-corrected chi connectivity index (χ2v) is 3.20. The van der Waals surface area contributed by atoms with Gasteiger partial charge in [-0.05, 0) is 12.1 Å². The number of aliphatic hydroxyl groups excluding tert-OH is 1. The van der Waals surface area contributed by atoms with Crippen LogP contribution in [-0.2, 0) is 9.59 Å². The SMILES string of the molecule is O=C(O)C(=O)C=C(O)c1c(F)cccc1Cl. The summed E-state index contributed by atoms with van der Waals surface area (Å²) in [6.45, 7) is 0. The highest BCUT2D eigenvalue weighted by Gasteiger charge is 2.15. The van der Waals surface area contributed by atoms with Gasteiger partial charge < -0.3 is 10.2 Å². The number of halogens is 2. The van der Waals surface area contributed by atoms with Crippen molar-refractivity contribution in [3.05, 3.63) is 40.7 Å². The molecule has 4 nitrogen and oxygen atoms in total. The Morgan fingerprint density at radius 1 is 1.31 bits per heavy atom. The van der Waals surface area contributed by atoms with E-state index >= 15 is 0 Å². The third kappa shape index (κ3) is 2.58. The molecule has 0 aliphatic carbocycles. The molecule has 0 saturated carbocycles. The fourth-order valence-corrected chi connectivity index (χ4v) is 1.26. The number of ketones is 1. The number of hydrogen-bond donors (Lipinski definition) is 2. The summed E-state index contributed by atoms with van der Waals surface area (Å²) in [6.07, 6.45) is 0.395. The largest absolute Gasteiger partial charge is 0.507 e. The van der Waals surface area contributed by atoms with Crippen molar-refractivity contribution in [3.8, 4) is 0 Å². The van der Waals surface area contributed by atoms with Crippen molar-refractivity contribution in [1.29, 1.82) is 0 Å². The summed E-state index contributed by atoms with van der Waals surface area (Å²) in [5, 5.41) is 17.5. The molecule has 1 aromatic carbocycles. The van der Waals surface area contributed by atoms with Crippen LogP contribution in [0.5, 0.6) is 0 Å². The molecule has 2 N–H and O–H groups in total. The van der Waals surface area contributed by atoms with Crippen LogP contribution in [-0.4, -0.2) is 22.0 Å². The van der Waals surface area contributed by atoms with Crippen molar-refractivity contribution in [2.45, 2.75) is 0 Å². The molecule has 0 saturated heterocycles. The minimum Gasteiger partial charge on any atom is -0.507 e. The van der Waals surface area contributed by atoms with Gasteiger partial charge in [0.25, 0.3) is 5.78 Å². The number of aliphatic carboxylic acids is 1. The summed E-state index contributed by atoms with van der Waals surface area (Å²) in [4.78, 5) is 21.0. The van der Waals surface area contributed by atoms with Gasteiger partial charge in [0.1, 0.15) is 11.6 Å². The molecule has 1 aromatic rings. The topological polar surface area (TPSA) is 74.6 Å². The molecule has 6 heteroatoms. The Balaban J connectivity index is 3.19. The predicted molar refractivity (Wildman–Crippen MR) is 54.7 cm³/mol. The smallest absolute Gasteiger partial charge is 0.376 e. The number of carboxylic acid groups (broad SMARTS) is 1. The lowest BCUT2D eigenvalue weighted by molar-refractivity contribution is -0.146. The summed E-state index contributed by atoms with van der Waals surface area (Å²) < 4.78 is 13.2. The van der Waals surface area contributed by atoms with E-state index in [2.05, 4.69) is 0 Å². The minimum absolute atomic E-state index is 0.119. The quantitative estimate of drug-likeness (QED) is 0.485. The van der Waals surface area contributed by atoms with Crippen LogP contribution in [0.3, 0.4) is 0 Å².